The van der Waals surface area contributed by atoms with Gasteiger partial charge in [0, 0.05) is 16.9 Å². The second kappa shape index (κ2) is 7.40. The van der Waals surface area contributed by atoms with Crippen LogP contribution in [-0.2, 0) is 15.0 Å². The summed E-state index contributed by atoms with van der Waals surface area (Å²) in [5, 5.41) is 4.86. The predicted octanol–water partition coefficient (Wildman–Crippen LogP) is 4.32. The number of benzene rings is 2. The number of anilines is 2. The lowest BCUT2D eigenvalue weighted by Crippen LogP contribution is -2.51. The van der Waals surface area contributed by atoms with Gasteiger partial charge in [0.05, 0.1) is 30.0 Å². The maximum atomic E-state index is 14.1. The zero-order valence-electron chi connectivity index (χ0n) is 18.6. The number of ketones is 2. The summed E-state index contributed by atoms with van der Waals surface area (Å²) in [5.41, 5.74) is 1.91. The van der Waals surface area contributed by atoms with Crippen molar-refractivity contribution in [1.29, 1.82) is 0 Å². The summed E-state index contributed by atoms with van der Waals surface area (Å²) in [6.45, 7) is 1.51. The first-order valence-corrected chi connectivity index (χ1v) is 12.0. The number of Topliss-reactive ketones (excluding diaryl/α,β-unsaturated/α-hetero) is 2. The number of carbonyl (C=O) groups excluding carboxylic acids is 3. The number of rotatable bonds is 4. The third kappa shape index (κ3) is 2.58. The van der Waals surface area contributed by atoms with E-state index in [0.29, 0.717) is 16.3 Å². The van der Waals surface area contributed by atoms with Gasteiger partial charge in [-0.15, -0.1) is 11.3 Å². The number of nitrogens with zero attached hydrogens (tertiary/aromatic N) is 1. The SMILES string of the molecule is COc1ccc2c(c1)C=CC1N2C(C(C)=O)C(C(=O)c2cccs2)C12C(=O)Nc1ccccc12. The molecule has 1 spiro atoms. The summed E-state index contributed by atoms with van der Waals surface area (Å²) in [4.78, 5) is 43.9. The van der Waals surface area contributed by atoms with Crippen molar-refractivity contribution in [2.75, 3.05) is 17.3 Å². The van der Waals surface area contributed by atoms with Crippen molar-refractivity contribution >= 4 is 46.3 Å². The Morgan fingerprint density at radius 2 is 1.94 bits per heavy atom. The summed E-state index contributed by atoms with van der Waals surface area (Å²) in [5.74, 6) is -0.754. The lowest BCUT2D eigenvalue weighted by molar-refractivity contribution is -0.122. The number of fused-ring (bicyclic) bond motifs is 6. The predicted molar refractivity (Wildman–Crippen MR) is 132 cm³/mol. The van der Waals surface area contributed by atoms with E-state index in [1.54, 1.807) is 13.2 Å². The van der Waals surface area contributed by atoms with E-state index < -0.39 is 23.4 Å². The van der Waals surface area contributed by atoms with Crippen LogP contribution in [-0.4, -0.2) is 36.7 Å². The average molecular weight is 471 g/mol. The molecule has 6 nitrogen and oxygen atoms in total. The van der Waals surface area contributed by atoms with E-state index in [4.69, 9.17) is 4.74 Å². The molecule has 1 saturated heterocycles. The second-order valence-corrected chi connectivity index (χ2v) is 9.83. The van der Waals surface area contributed by atoms with Crippen molar-refractivity contribution in [1.82, 2.24) is 0 Å². The van der Waals surface area contributed by atoms with Gasteiger partial charge in [0.2, 0.25) is 5.91 Å². The monoisotopic (exact) mass is 470 g/mol. The second-order valence-electron chi connectivity index (χ2n) is 8.88. The number of methoxy groups -OCH3 is 1. The fraction of sp³-hybridized carbons (Fsp3) is 0.222. The van der Waals surface area contributed by atoms with Crippen LogP contribution < -0.4 is 15.0 Å². The number of amides is 1. The van der Waals surface area contributed by atoms with Crippen LogP contribution in [0.25, 0.3) is 6.08 Å². The van der Waals surface area contributed by atoms with E-state index >= 15 is 0 Å². The minimum absolute atomic E-state index is 0.147. The van der Waals surface area contributed by atoms with Crippen LogP contribution in [0.5, 0.6) is 5.75 Å². The third-order valence-electron chi connectivity index (χ3n) is 7.30. The Morgan fingerprint density at radius 3 is 2.68 bits per heavy atom. The number of ether oxygens (including phenoxy) is 1. The summed E-state index contributed by atoms with van der Waals surface area (Å²) in [7, 11) is 1.61. The standard InChI is InChI=1S/C27H22N2O4S/c1-15(30)24-23(25(31)21-8-5-13-34-21)27(18-6-3-4-7-19(18)28-26(27)32)22-12-9-16-14-17(33-2)10-11-20(16)29(22)24/h3-14,22-24H,1-2H3,(H,28,32). The van der Waals surface area contributed by atoms with Gasteiger partial charge >= 0.3 is 0 Å². The van der Waals surface area contributed by atoms with E-state index in [9.17, 15) is 14.4 Å². The number of nitrogens with one attached hydrogen (secondary N) is 1. The minimum atomic E-state index is -1.23. The molecular weight excluding hydrogens is 448 g/mol. The molecule has 4 heterocycles. The van der Waals surface area contributed by atoms with Gasteiger partial charge in [-0.2, -0.15) is 0 Å². The fourth-order valence-corrected chi connectivity index (χ4v) is 6.71. The maximum Gasteiger partial charge on any atom is 0.238 e. The van der Waals surface area contributed by atoms with Gasteiger partial charge in [0.25, 0.3) is 0 Å². The number of hydrogen-bond acceptors (Lipinski definition) is 6. The van der Waals surface area contributed by atoms with Gasteiger partial charge < -0.3 is 15.0 Å². The lowest BCUT2D eigenvalue weighted by atomic mass is 9.65. The molecule has 1 amide bonds. The van der Waals surface area contributed by atoms with Gasteiger partial charge in [-0.25, -0.2) is 0 Å². The van der Waals surface area contributed by atoms with Gasteiger partial charge in [0.15, 0.2) is 11.6 Å². The molecule has 4 unspecified atom stereocenters. The highest BCUT2D eigenvalue weighted by Crippen LogP contribution is 2.58. The van der Waals surface area contributed by atoms with Crippen molar-refractivity contribution in [3.05, 3.63) is 82.1 Å². The first kappa shape index (κ1) is 20.9. The Bertz CT molecular complexity index is 1380. The van der Waals surface area contributed by atoms with E-state index in [1.165, 1.54) is 18.3 Å². The van der Waals surface area contributed by atoms with Crippen molar-refractivity contribution in [3.8, 4) is 5.75 Å². The van der Waals surface area contributed by atoms with Gasteiger partial charge in [-0.05, 0) is 48.2 Å². The lowest BCUT2D eigenvalue weighted by Gasteiger charge is -2.37. The zero-order valence-corrected chi connectivity index (χ0v) is 19.5. The van der Waals surface area contributed by atoms with Crippen LogP contribution in [0.2, 0.25) is 0 Å². The molecule has 3 aromatic rings. The normalized spacial score (nSPS) is 26.1. The summed E-state index contributed by atoms with van der Waals surface area (Å²) in [6, 6.07) is 15.4. The molecule has 1 N–H and O–H groups in total. The van der Waals surface area contributed by atoms with Crippen LogP contribution in [0.4, 0.5) is 11.4 Å². The minimum Gasteiger partial charge on any atom is -0.497 e. The van der Waals surface area contributed by atoms with Crippen molar-refractivity contribution in [2.24, 2.45) is 5.92 Å². The highest BCUT2D eigenvalue weighted by Gasteiger charge is 2.69. The molecule has 2 aromatic carbocycles. The van der Waals surface area contributed by atoms with E-state index in [2.05, 4.69) is 5.32 Å². The zero-order chi connectivity index (χ0) is 23.6. The molecule has 0 aliphatic carbocycles. The molecular formula is C27H22N2O4S. The highest BCUT2D eigenvalue weighted by molar-refractivity contribution is 7.12. The average Bonchev–Trinajstić information content (AvgIpc) is 3.55. The largest absolute Gasteiger partial charge is 0.497 e. The highest BCUT2D eigenvalue weighted by atomic mass is 32.1. The van der Waals surface area contributed by atoms with Crippen molar-refractivity contribution in [3.63, 3.8) is 0 Å². The molecule has 7 heteroatoms. The Hall–Kier alpha value is -3.71. The summed E-state index contributed by atoms with van der Waals surface area (Å²) < 4.78 is 5.39. The first-order valence-electron chi connectivity index (χ1n) is 11.1. The quantitative estimate of drug-likeness (QED) is 0.575. The van der Waals surface area contributed by atoms with Crippen LogP contribution in [0.15, 0.2) is 66.1 Å². The smallest absolute Gasteiger partial charge is 0.238 e. The summed E-state index contributed by atoms with van der Waals surface area (Å²) in [6.07, 6.45) is 3.92. The van der Waals surface area contributed by atoms with Crippen LogP contribution in [0.3, 0.4) is 0 Å². The fourth-order valence-electron chi connectivity index (χ4n) is 6.01. The number of thiophene rings is 1. The Morgan fingerprint density at radius 1 is 1.12 bits per heavy atom. The Labute approximate surface area is 200 Å². The number of para-hydroxylation sites is 1. The van der Waals surface area contributed by atoms with E-state index in [-0.39, 0.29) is 17.5 Å². The van der Waals surface area contributed by atoms with Crippen molar-refractivity contribution < 1.29 is 19.1 Å². The molecule has 0 radical (unpaired) electrons. The molecule has 34 heavy (non-hydrogen) atoms. The Kier molecular flexibility index (Phi) is 4.54. The molecule has 6 rings (SSSR count). The van der Waals surface area contributed by atoms with Crippen molar-refractivity contribution in [2.45, 2.75) is 24.4 Å². The molecule has 4 atom stereocenters. The van der Waals surface area contributed by atoms with E-state index in [0.717, 1.165) is 16.8 Å². The van der Waals surface area contributed by atoms with E-state index in [1.807, 2.05) is 71.0 Å². The van der Waals surface area contributed by atoms with Gasteiger partial charge in [-0.3, -0.25) is 14.4 Å². The molecule has 1 fully saturated rings. The number of hydrogen-bond donors (Lipinski definition) is 1. The molecule has 170 valence electrons. The van der Waals surface area contributed by atoms with Crippen LogP contribution in [0, 0.1) is 5.92 Å². The molecule has 0 bridgehead atoms. The third-order valence-corrected chi connectivity index (χ3v) is 8.19. The number of carbonyl (C=O) groups is 3. The first-order chi connectivity index (χ1) is 16.5. The maximum absolute atomic E-state index is 14.1. The van der Waals surface area contributed by atoms with Crippen LogP contribution >= 0.6 is 11.3 Å². The van der Waals surface area contributed by atoms with Gasteiger partial charge in [0.1, 0.15) is 11.2 Å². The van der Waals surface area contributed by atoms with Gasteiger partial charge in [-0.1, -0.05) is 36.4 Å². The Balaban J connectivity index is 1.65. The topological polar surface area (TPSA) is 75.7 Å². The molecule has 3 aliphatic heterocycles. The molecule has 1 aromatic heterocycles. The molecule has 3 aliphatic rings. The molecule has 0 saturated carbocycles. The van der Waals surface area contributed by atoms with Crippen LogP contribution in [0.1, 0.15) is 27.7 Å². The summed E-state index contributed by atoms with van der Waals surface area (Å²) >= 11 is 1.33.